The molecular weight excluding hydrogens is 527 g/mol. The van der Waals surface area contributed by atoms with Crippen molar-refractivity contribution in [3.63, 3.8) is 0 Å². The molecule has 3 aromatic carbocycles. The van der Waals surface area contributed by atoms with Crippen molar-refractivity contribution in [1.29, 1.82) is 0 Å². The fourth-order valence-electron chi connectivity index (χ4n) is 5.16. The maximum atomic E-state index is 15.5. The van der Waals surface area contributed by atoms with Crippen LogP contribution in [0.3, 0.4) is 0 Å². The van der Waals surface area contributed by atoms with E-state index in [2.05, 4.69) is 10.1 Å². The number of para-hydroxylation sites is 1. The van der Waals surface area contributed by atoms with Gasteiger partial charge in [0.15, 0.2) is 28.7 Å². The SMILES string of the molecule is O=c1oc2ccccc2c2c1C(c1c(F)cccc1Cl)c1c(ncn3nc(-c4ccc5c(c4)OCO5)nc13)O2. The Hall–Kier alpha value is -4.96. The van der Waals surface area contributed by atoms with E-state index >= 15 is 4.39 Å². The number of aromatic nitrogens is 4. The zero-order chi connectivity index (χ0) is 26.2. The lowest BCUT2D eigenvalue weighted by Crippen LogP contribution is -2.23. The lowest BCUT2D eigenvalue weighted by Gasteiger charge is -2.28. The van der Waals surface area contributed by atoms with Gasteiger partial charge in [0.05, 0.1) is 22.4 Å². The standard InChI is InChI=1S/C28H14ClFN4O5/c29-15-5-3-6-16(30)20(15)21-22-24(14-4-1-2-7-17(14)38-28(22)35)39-27-23(21)26-32-25(33-34(26)11-31-27)13-8-9-18-19(10-13)37-12-36-18/h1-11,21H,12H2. The van der Waals surface area contributed by atoms with Gasteiger partial charge in [-0.05, 0) is 42.5 Å². The van der Waals surface area contributed by atoms with E-state index < -0.39 is 17.4 Å². The van der Waals surface area contributed by atoms with Crippen LogP contribution in [0.5, 0.6) is 23.1 Å². The van der Waals surface area contributed by atoms with Gasteiger partial charge in [0.1, 0.15) is 17.7 Å². The Kier molecular flexibility index (Phi) is 4.54. The average molecular weight is 541 g/mol. The summed E-state index contributed by atoms with van der Waals surface area (Å²) in [5.74, 6) is 0.299. The highest BCUT2D eigenvalue weighted by Gasteiger charge is 2.39. The molecule has 9 nitrogen and oxygen atoms in total. The second-order valence-electron chi connectivity index (χ2n) is 9.03. The normalized spacial score (nSPS) is 15.3. The molecule has 0 saturated carbocycles. The van der Waals surface area contributed by atoms with Gasteiger partial charge in [-0.2, -0.15) is 0 Å². The zero-order valence-electron chi connectivity index (χ0n) is 19.7. The summed E-state index contributed by atoms with van der Waals surface area (Å²) in [5, 5.41) is 5.25. The Bertz CT molecular complexity index is 2040. The second kappa shape index (κ2) is 8.02. The predicted molar refractivity (Wildman–Crippen MR) is 137 cm³/mol. The number of hydrogen-bond acceptors (Lipinski definition) is 8. The van der Waals surface area contributed by atoms with Crippen LogP contribution in [0.15, 0.2) is 76.2 Å². The first kappa shape index (κ1) is 22.1. The van der Waals surface area contributed by atoms with Crippen LogP contribution < -0.4 is 19.8 Å². The molecule has 2 aliphatic rings. The van der Waals surface area contributed by atoms with Crippen molar-refractivity contribution in [2.45, 2.75) is 5.92 Å². The summed E-state index contributed by atoms with van der Waals surface area (Å²) in [6.07, 6.45) is 1.45. The van der Waals surface area contributed by atoms with E-state index in [1.165, 1.54) is 23.0 Å². The molecule has 0 radical (unpaired) electrons. The molecule has 0 amide bonds. The molecule has 0 fully saturated rings. The molecule has 0 aliphatic carbocycles. The van der Waals surface area contributed by atoms with Gasteiger partial charge in [-0.1, -0.05) is 29.8 Å². The van der Waals surface area contributed by atoms with Crippen LogP contribution in [0.2, 0.25) is 5.02 Å². The van der Waals surface area contributed by atoms with Crippen LogP contribution in [-0.2, 0) is 0 Å². The van der Waals surface area contributed by atoms with Gasteiger partial charge in [-0.25, -0.2) is 23.7 Å². The third kappa shape index (κ3) is 3.18. The first-order valence-electron chi connectivity index (χ1n) is 11.9. The molecule has 39 heavy (non-hydrogen) atoms. The van der Waals surface area contributed by atoms with Gasteiger partial charge >= 0.3 is 5.63 Å². The van der Waals surface area contributed by atoms with Crippen LogP contribution in [0.25, 0.3) is 28.0 Å². The molecule has 0 N–H and O–H groups in total. The monoisotopic (exact) mass is 540 g/mol. The highest BCUT2D eigenvalue weighted by molar-refractivity contribution is 6.31. The summed E-state index contributed by atoms with van der Waals surface area (Å²) < 4.78 is 39.8. The number of rotatable bonds is 2. The van der Waals surface area contributed by atoms with E-state index in [1.54, 1.807) is 48.5 Å². The van der Waals surface area contributed by atoms with Gasteiger partial charge in [-0.15, -0.1) is 5.10 Å². The van der Waals surface area contributed by atoms with Crippen molar-refractivity contribution in [3.05, 3.63) is 105 Å². The highest BCUT2D eigenvalue weighted by atomic mass is 35.5. The molecule has 1 unspecified atom stereocenters. The average Bonchev–Trinajstić information content (AvgIpc) is 3.59. The second-order valence-corrected chi connectivity index (χ2v) is 9.44. The fourth-order valence-corrected chi connectivity index (χ4v) is 5.43. The fraction of sp³-hybridized carbons (Fsp3) is 0.0714. The number of fused-ring (bicyclic) bond motifs is 7. The van der Waals surface area contributed by atoms with Crippen molar-refractivity contribution in [1.82, 2.24) is 19.6 Å². The first-order chi connectivity index (χ1) is 19.1. The Morgan fingerprint density at radius 1 is 0.974 bits per heavy atom. The highest BCUT2D eigenvalue weighted by Crippen LogP contribution is 2.50. The molecule has 3 aromatic heterocycles. The summed E-state index contributed by atoms with van der Waals surface area (Å²) in [6, 6.07) is 16.7. The van der Waals surface area contributed by atoms with E-state index in [-0.39, 0.29) is 34.6 Å². The van der Waals surface area contributed by atoms with Gasteiger partial charge < -0.3 is 18.6 Å². The smallest absolute Gasteiger partial charge is 0.344 e. The van der Waals surface area contributed by atoms with Crippen molar-refractivity contribution < 1.29 is 23.0 Å². The molecule has 11 heteroatoms. The largest absolute Gasteiger partial charge is 0.454 e. The van der Waals surface area contributed by atoms with Crippen LogP contribution in [0.1, 0.15) is 22.6 Å². The summed E-state index contributed by atoms with van der Waals surface area (Å²) in [5.41, 5.74) is 1.13. The van der Waals surface area contributed by atoms with Crippen LogP contribution in [-0.4, -0.2) is 26.4 Å². The summed E-state index contributed by atoms with van der Waals surface area (Å²) in [7, 11) is 0. The topological polar surface area (TPSA) is 101 Å². The van der Waals surface area contributed by atoms with Gasteiger partial charge in [-0.3, -0.25) is 0 Å². The molecule has 8 rings (SSSR count). The predicted octanol–water partition coefficient (Wildman–Crippen LogP) is 5.70. The molecule has 190 valence electrons. The summed E-state index contributed by atoms with van der Waals surface area (Å²) in [6.45, 7) is 0.133. The Labute approximate surface area is 223 Å². The van der Waals surface area contributed by atoms with Crippen LogP contribution >= 0.6 is 11.6 Å². The van der Waals surface area contributed by atoms with Crippen LogP contribution in [0, 0.1) is 5.82 Å². The maximum Gasteiger partial charge on any atom is 0.344 e. The molecule has 0 saturated heterocycles. The Balaban J connectivity index is 1.43. The quantitative estimate of drug-likeness (QED) is 0.257. The van der Waals surface area contributed by atoms with Crippen LogP contribution in [0.4, 0.5) is 4.39 Å². The number of halogens is 2. The van der Waals surface area contributed by atoms with Gasteiger partial charge in [0.25, 0.3) is 0 Å². The minimum Gasteiger partial charge on any atom is -0.454 e. The molecule has 0 bridgehead atoms. The Morgan fingerprint density at radius 2 is 1.85 bits per heavy atom. The lowest BCUT2D eigenvalue weighted by atomic mass is 9.83. The summed E-state index contributed by atoms with van der Waals surface area (Å²) >= 11 is 6.57. The molecule has 6 aromatic rings. The van der Waals surface area contributed by atoms with E-state index in [4.69, 9.17) is 35.2 Å². The number of nitrogens with zero attached hydrogens (tertiary/aromatic N) is 4. The van der Waals surface area contributed by atoms with Crippen molar-refractivity contribution >= 4 is 28.2 Å². The van der Waals surface area contributed by atoms with E-state index in [1.807, 2.05) is 0 Å². The van der Waals surface area contributed by atoms with E-state index in [9.17, 15) is 4.79 Å². The third-order valence-electron chi connectivity index (χ3n) is 6.88. The number of ether oxygens (including phenoxy) is 3. The zero-order valence-corrected chi connectivity index (χ0v) is 20.5. The van der Waals surface area contributed by atoms with Gasteiger partial charge in [0, 0.05) is 16.1 Å². The third-order valence-corrected chi connectivity index (χ3v) is 7.21. The lowest BCUT2D eigenvalue weighted by molar-refractivity contribution is 0.174. The summed E-state index contributed by atoms with van der Waals surface area (Å²) in [4.78, 5) is 22.7. The van der Waals surface area contributed by atoms with E-state index in [0.717, 1.165) is 0 Å². The minimum atomic E-state index is -1.04. The molecule has 5 heterocycles. The Morgan fingerprint density at radius 3 is 2.74 bits per heavy atom. The first-order valence-corrected chi connectivity index (χ1v) is 12.3. The van der Waals surface area contributed by atoms with Gasteiger partial charge in [0.2, 0.25) is 12.7 Å². The van der Waals surface area contributed by atoms with Crippen molar-refractivity contribution in [3.8, 4) is 34.5 Å². The number of hydrogen-bond donors (Lipinski definition) is 0. The molecular formula is C28H14ClFN4O5. The maximum absolute atomic E-state index is 15.5. The van der Waals surface area contributed by atoms with Crippen molar-refractivity contribution in [2.24, 2.45) is 0 Å². The molecule has 1 atom stereocenters. The van der Waals surface area contributed by atoms with Crippen molar-refractivity contribution in [2.75, 3.05) is 6.79 Å². The number of benzene rings is 3. The minimum absolute atomic E-state index is 0.0788. The van der Waals surface area contributed by atoms with E-state index in [0.29, 0.717) is 45.1 Å². The molecule has 2 aliphatic heterocycles. The molecule has 0 spiro atoms.